The quantitative estimate of drug-likeness (QED) is 0.848. The highest BCUT2D eigenvalue weighted by atomic mass is 16.3. The number of aromatic nitrogens is 2. The molecule has 0 radical (unpaired) electrons. The SMILES string of the molecule is CC(C)n1cc(NC(=O)N2CCN(CCO)CC2)cn1. The zero-order valence-electron chi connectivity index (χ0n) is 12.1. The number of β-amino-alcohol motifs (C(OH)–C–C–N with tert-alkyl or cyclic N) is 1. The molecule has 0 bridgehead atoms. The number of hydrogen-bond donors (Lipinski definition) is 2. The van der Waals surface area contributed by atoms with Crippen LogP contribution in [0.5, 0.6) is 0 Å². The third-order valence-electron chi connectivity index (χ3n) is 3.46. The Kier molecular flexibility index (Phi) is 4.97. The van der Waals surface area contributed by atoms with Crippen molar-refractivity contribution in [2.75, 3.05) is 44.6 Å². The highest BCUT2D eigenvalue weighted by Crippen LogP contribution is 2.11. The normalized spacial score (nSPS) is 16.7. The predicted octanol–water partition coefficient (Wildman–Crippen LogP) is 0.606. The molecule has 0 unspecified atom stereocenters. The molecule has 2 amide bonds. The second kappa shape index (κ2) is 6.71. The van der Waals surface area contributed by atoms with E-state index in [4.69, 9.17) is 5.11 Å². The Labute approximate surface area is 119 Å². The van der Waals surface area contributed by atoms with Gasteiger partial charge in [-0.15, -0.1) is 0 Å². The van der Waals surface area contributed by atoms with Crippen LogP contribution in [0.1, 0.15) is 19.9 Å². The smallest absolute Gasteiger partial charge is 0.322 e. The fraction of sp³-hybridized carbons (Fsp3) is 0.692. The highest BCUT2D eigenvalue weighted by molar-refractivity contribution is 5.89. The first-order valence-corrected chi connectivity index (χ1v) is 7.03. The summed E-state index contributed by atoms with van der Waals surface area (Å²) in [6.07, 6.45) is 3.50. The van der Waals surface area contributed by atoms with E-state index < -0.39 is 0 Å². The van der Waals surface area contributed by atoms with Crippen LogP contribution in [0.25, 0.3) is 0 Å². The van der Waals surface area contributed by atoms with E-state index in [1.807, 2.05) is 24.7 Å². The largest absolute Gasteiger partial charge is 0.395 e. The van der Waals surface area contributed by atoms with Crippen LogP contribution in [0.4, 0.5) is 10.5 Å². The van der Waals surface area contributed by atoms with Crippen molar-refractivity contribution < 1.29 is 9.90 Å². The van der Waals surface area contributed by atoms with Gasteiger partial charge in [0, 0.05) is 45.0 Å². The maximum absolute atomic E-state index is 12.1. The Bertz CT molecular complexity index is 438. The van der Waals surface area contributed by atoms with Crippen molar-refractivity contribution in [3.8, 4) is 0 Å². The van der Waals surface area contributed by atoms with Crippen molar-refractivity contribution in [2.24, 2.45) is 0 Å². The van der Waals surface area contributed by atoms with Gasteiger partial charge >= 0.3 is 6.03 Å². The van der Waals surface area contributed by atoms with Gasteiger partial charge in [0.15, 0.2) is 0 Å². The highest BCUT2D eigenvalue weighted by Gasteiger charge is 2.20. The summed E-state index contributed by atoms with van der Waals surface area (Å²) < 4.78 is 1.81. The summed E-state index contributed by atoms with van der Waals surface area (Å²) in [7, 11) is 0. The third-order valence-corrected chi connectivity index (χ3v) is 3.46. The van der Waals surface area contributed by atoms with Crippen molar-refractivity contribution >= 4 is 11.7 Å². The number of carbonyl (C=O) groups excluding carboxylic acids is 1. The minimum atomic E-state index is -0.0862. The molecule has 1 aliphatic heterocycles. The number of anilines is 1. The number of amides is 2. The second-order valence-electron chi connectivity index (χ2n) is 5.29. The number of urea groups is 1. The van der Waals surface area contributed by atoms with Crippen LogP contribution in [0.2, 0.25) is 0 Å². The predicted molar refractivity (Wildman–Crippen MR) is 76.7 cm³/mol. The Morgan fingerprint density at radius 3 is 2.65 bits per heavy atom. The number of carbonyl (C=O) groups is 1. The summed E-state index contributed by atoms with van der Waals surface area (Å²) in [6, 6.07) is 0.194. The summed E-state index contributed by atoms with van der Waals surface area (Å²) in [5.41, 5.74) is 0.724. The monoisotopic (exact) mass is 281 g/mol. The fourth-order valence-corrected chi connectivity index (χ4v) is 2.20. The lowest BCUT2D eigenvalue weighted by molar-refractivity contribution is 0.127. The maximum Gasteiger partial charge on any atom is 0.322 e. The molecule has 0 aromatic carbocycles. The Hall–Kier alpha value is -1.60. The van der Waals surface area contributed by atoms with Crippen molar-refractivity contribution in [1.29, 1.82) is 0 Å². The second-order valence-corrected chi connectivity index (χ2v) is 5.29. The maximum atomic E-state index is 12.1. The summed E-state index contributed by atoms with van der Waals surface area (Å²) in [4.78, 5) is 16.1. The minimum absolute atomic E-state index is 0.0862. The average Bonchev–Trinajstić information content (AvgIpc) is 2.88. The van der Waals surface area contributed by atoms with Crippen LogP contribution < -0.4 is 5.32 Å². The first-order chi connectivity index (χ1) is 9.60. The molecule has 1 aromatic rings. The van der Waals surface area contributed by atoms with Gasteiger partial charge in [0.05, 0.1) is 18.5 Å². The molecule has 0 aliphatic carbocycles. The van der Waals surface area contributed by atoms with E-state index in [1.165, 1.54) is 0 Å². The van der Waals surface area contributed by atoms with Crippen molar-refractivity contribution in [3.05, 3.63) is 12.4 Å². The molecule has 0 saturated carbocycles. The van der Waals surface area contributed by atoms with Gasteiger partial charge in [-0.3, -0.25) is 9.58 Å². The molecule has 1 fully saturated rings. The Morgan fingerprint density at radius 1 is 1.40 bits per heavy atom. The Balaban J connectivity index is 1.83. The van der Waals surface area contributed by atoms with Gasteiger partial charge < -0.3 is 15.3 Å². The van der Waals surface area contributed by atoms with Crippen molar-refractivity contribution in [3.63, 3.8) is 0 Å². The van der Waals surface area contributed by atoms with E-state index in [9.17, 15) is 4.79 Å². The van der Waals surface area contributed by atoms with Gasteiger partial charge in [0.25, 0.3) is 0 Å². The number of aliphatic hydroxyl groups excluding tert-OH is 1. The van der Waals surface area contributed by atoms with Crippen LogP contribution in [0.15, 0.2) is 12.4 Å². The molecule has 1 saturated heterocycles. The van der Waals surface area contributed by atoms with E-state index in [1.54, 1.807) is 11.1 Å². The standard InChI is InChI=1S/C13H23N5O2/c1-11(2)18-10-12(9-14-18)15-13(20)17-5-3-16(4-6-17)7-8-19/h9-11,19H,3-8H2,1-2H3,(H,15,20). The van der Waals surface area contributed by atoms with Gasteiger partial charge in [-0.1, -0.05) is 0 Å². The molecule has 2 heterocycles. The molecule has 0 atom stereocenters. The summed E-state index contributed by atoms with van der Waals surface area (Å²) in [5, 5.41) is 16.0. The van der Waals surface area contributed by atoms with Crippen LogP contribution in [0.3, 0.4) is 0 Å². The molecule has 1 aliphatic rings. The molecule has 2 rings (SSSR count). The van der Waals surface area contributed by atoms with E-state index in [2.05, 4.69) is 15.3 Å². The van der Waals surface area contributed by atoms with Gasteiger partial charge in [-0.2, -0.15) is 5.10 Å². The van der Waals surface area contributed by atoms with E-state index >= 15 is 0 Å². The first-order valence-electron chi connectivity index (χ1n) is 7.03. The summed E-state index contributed by atoms with van der Waals surface area (Å²) >= 11 is 0. The number of nitrogens with zero attached hydrogens (tertiary/aromatic N) is 4. The Morgan fingerprint density at radius 2 is 2.10 bits per heavy atom. The van der Waals surface area contributed by atoms with Crippen LogP contribution in [-0.4, -0.2) is 70.0 Å². The molecule has 20 heavy (non-hydrogen) atoms. The number of aliphatic hydroxyl groups is 1. The van der Waals surface area contributed by atoms with Crippen molar-refractivity contribution in [1.82, 2.24) is 19.6 Å². The minimum Gasteiger partial charge on any atom is -0.395 e. The van der Waals surface area contributed by atoms with E-state index in [-0.39, 0.29) is 18.7 Å². The van der Waals surface area contributed by atoms with E-state index in [0.717, 1.165) is 18.8 Å². The van der Waals surface area contributed by atoms with Gasteiger partial charge in [-0.25, -0.2) is 4.79 Å². The molecule has 1 aromatic heterocycles. The zero-order chi connectivity index (χ0) is 14.5. The van der Waals surface area contributed by atoms with Crippen LogP contribution in [0, 0.1) is 0 Å². The average molecular weight is 281 g/mol. The first kappa shape index (κ1) is 14.8. The fourth-order valence-electron chi connectivity index (χ4n) is 2.20. The number of piperazine rings is 1. The molecule has 112 valence electrons. The molecular formula is C13H23N5O2. The van der Waals surface area contributed by atoms with Gasteiger partial charge in [0.1, 0.15) is 0 Å². The zero-order valence-corrected chi connectivity index (χ0v) is 12.1. The molecule has 7 nitrogen and oxygen atoms in total. The lowest BCUT2D eigenvalue weighted by atomic mass is 10.3. The molecule has 0 spiro atoms. The third kappa shape index (κ3) is 3.71. The van der Waals surface area contributed by atoms with E-state index in [0.29, 0.717) is 19.6 Å². The lowest BCUT2D eigenvalue weighted by Crippen LogP contribution is -2.50. The summed E-state index contributed by atoms with van der Waals surface area (Å²) in [6.45, 7) is 7.90. The number of rotatable bonds is 4. The summed E-state index contributed by atoms with van der Waals surface area (Å²) in [5.74, 6) is 0. The van der Waals surface area contributed by atoms with Crippen LogP contribution >= 0.6 is 0 Å². The lowest BCUT2D eigenvalue weighted by Gasteiger charge is -2.34. The number of hydrogen-bond acceptors (Lipinski definition) is 4. The molecule has 7 heteroatoms. The van der Waals surface area contributed by atoms with Gasteiger partial charge in [0.2, 0.25) is 0 Å². The van der Waals surface area contributed by atoms with Crippen LogP contribution in [-0.2, 0) is 0 Å². The number of nitrogens with one attached hydrogen (secondary N) is 1. The van der Waals surface area contributed by atoms with Gasteiger partial charge in [-0.05, 0) is 13.8 Å². The molecule has 2 N–H and O–H groups in total. The van der Waals surface area contributed by atoms with Crippen molar-refractivity contribution in [2.45, 2.75) is 19.9 Å². The topological polar surface area (TPSA) is 73.6 Å². The molecular weight excluding hydrogens is 258 g/mol.